The number of aliphatic hydroxyl groups is 4. The molecule has 1 heterocycles. The van der Waals surface area contributed by atoms with E-state index in [1.807, 2.05) is 0 Å². The van der Waals surface area contributed by atoms with Crippen LogP contribution in [0.3, 0.4) is 0 Å². The zero-order valence-corrected chi connectivity index (χ0v) is 11.5. The van der Waals surface area contributed by atoms with Crippen molar-refractivity contribution in [3.63, 3.8) is 0 Å². The Bertz CT molecular complexity index is 507. The van der Waals surface area contributed by atoms with Crippen LogP contribution < -0.4 is 0 Å². The summed E-state index contributed by atoms with van der Waals surface area (Å²) in [6.07, 6.45) is -5.85. The molecular formula is C13H17NO8. The fourth-order valence-corrected chi connectivity index (χ4v) is 2.24. The summed E-state index contributed by atoms with van der Waals surface area (Å²) in [7, 11) is 0. The summed E-state index contributed by atoms with van der Waals surface area (Å²) in [5.74, 6) is 0. The van der Waals surface area contributed by atoms with E-state index in [1.165, 1.54) is 24.3 Å². The highest BCUT2D eigenvalue weighted by atomic mass is 16.7. The highest BCUT2D eigenvalue weighted by Gasteiger charge is 2.44. The van der Waals surface area contributed by atoms with Gasteiger partial charge < -0.3 is 29.9 Å². The number of nitro groups is 1. The van der Waals surface area contributed by atoms with Gasteiger partial charge in [-0.15, -0.1) is 0 Å². The lowest BCUT2D eigenvalue weighted by Gasteiger charge is -2.23. The van der Waals surface area contributed by atoms with Gasteiger partial charge in [0.05, 0.1) is 18.1 Å². The second kappa shape index (κ2) is 7.09. The molecule has 0 radical (unpaired) electrons. The maximum Gasteiger partial charge on any atom is 0.269 e. The topological polar surface area (TPSA) is 143 Å². The smallest absolute Gasteiger partial charge is 0.269 e. The summed E-state index contributed by atoms with van der Waals surface area (Å²) < 4.78 is 10.9. The fraction of sp³-hybridized carbons (Fsp3) is 0.538. The lowest BCUT2D eigenvalue weighted by Crippen LogP contribution is -2.45. The van der Waals surface area contributed by atoms with Crippen molar-refractivity contribution in [2.45, 2.75) is 30.7 Å². The molecule has 0 aliphatic carbocycles. The minimum absolute atomic E-state index is 0.157. The van der Waals surface area contributed by atoms with Gasteiger partial charge in [-0.2, -0.15) is 0 Å². The van der Waals surface area contributed by atoms with Gasteiger partial charge in [0.25, 0.3) is 5.69 Å². The normalized spacial score (nSPS) is 27.5. The van der Waals surface area contributed by atoms with E-state index in [1.54, 1.807) is 0 Å². The summed E-state index contributed by atoms with van der Waals surface area (Å²) in [5.41, 5.74) is 0.173. The standard InChI is InChI=1S/C13H17NO8/c15-5-9(17)11-12(10(18)6-16)22-13(21-11)7-2-1-3-8(4-7)14(19)20/h1-4,9-13,15-18H,5-6H2/t9-,10+,11-,12-,13?/m0/s1. The second-order valence-corrected chi connectivity index (χ2v) is 4.89. The quantitative estimate of drug-likeness (QED) is 0.390. The summed E-state index contributed by atoms with van der Waals surface area (Å²) in [4.78, 5) is 10.2. The third-order valence-corrected chi connectivity index (χ3v) is 3.37. The van der Waals surface area contributed by atoms with Crippen LogP contribution in [0.1, 0.15) is 11.9 Å². The highest BCUT2D eigenvalue weighted by Crippen LogP contribution is 2.35. The van der Waals surface area contributed by atoms with Crippen LogP contribution in [0.15, 0.2) is 24.3 Å². The van der Waals surface area contributed by atoms with Crippen molar-refractivity contribution in [2.24, 2.45) is 0 Å². The Balaban J connectivity index is 2.23. The Labute approximate surface area is 125 Å². The average molecular weight is 315 g/mol. The van der Waals surface area contributed by atoms with Gasteiger partial charge in [-0.3, -0.25) is 10.1 Å². The Kier molecular flexibility index (Phi) is 5.40. The van der Waals surface area contributed by atoms with Crippen LogP contribution in [0, 0.1) is 10.1 Å². The number of aliphatic hydroxyl groups excluding tert-OH is 4. The molecule has 0 saturated carbocycles. The van der Waals surface area contributed by atoms with E-state index >= 15 is 0 Å². The summed E-state index contributed by atoms with van der Waals surface area (Å²) >= 11 is 0. The summed E-state index contributed by atoms with van der Waals surface area (Å²) in [6, 6.07) is 5.54. The van der Waals surface area contributed by atoms with Crippen LogP contribution >= 0.6 is 0 Å². The maximum atomic E-state index is 10.8. The van der Waals surface area contributed by atoms with Gasteiger partial charge in [0.15, 0.2) is 6.29 Å². The van der Waals surface area contributed by atoms with E-state index in [0.717, 1.165) is 0 Å². The number of nitrogens with zero attached hydrogens (tertiary/aromatic N) is 1. The molecule has 1 aromatic carbocycles. The van der Waals surface area contributed by atoms with Gasteiger partial charge in [-0.1, -0.05) is 12.1 Å². The van der Waals surface area contributed by atoms with Crippen molar-refractivity contribution in [1.29, 1.82) is 0 Å². The minimum Gasteiger partial charge on any atom is -0.394 e. The number of non-ortho nitro benzene ring substituents is 1. The first-order valence-electron chi connectivity index (χ1n) is 6.61. The predicted molar refractivity (Wildman–Crippen MR) is 71.8 cm³/mol. The lowest BCUT2D eigenvalue weighted by molar-refractivity contribution is -0.385. The molecule has 0 amide bonds. The summed E-state index contributed by atoms with van der Waals surface area (Å²) in [5, 5.41) is 48.3. The number of rotatable bonds is 6. The van der Waals surface area contributed by atoms with Crippen LogP contribution in [0.2, 0.25) is 0 Å². The van der Waals surface area contributed by atoms with Crippen LogP contribution in [0.25, 0.3) is 0 Å². The molecule has 9 heteroatoms. The predicted octanol–water partition coefficient (Wildman–Crippen LogP) is -0.916. The van der Waals surface area contributed by atoms with Gasteiger partial charge in [-0.05, 0) is 0 Å². The van der Waals surface area contributed by atoms with E-state index in [0.29, 0.717) is 5.56 Å². The molecule has 122 valence electrons. The number of benzene rings is 1. The molecule has 9 nitrogen and oxygen atoms in total. The zero-order valence-electron chi connectivity index (χ0n) is 11.5. The van der Waals surface area contributed by atoms with E-state index < -0.39 is 48.8 Å². The Hall–Kier alpha value is -1.62. The third-order valence-electron chi connectivity index (χ3n) is 3.37. The molecule has 0 aromatic heterocycles. The van der Waals surface area contributed by atoms with Crippen molar-refractivity contribution in [3.8, 4) is 0 Å². The van der Waals surface area contributed by atoms with Crippen molar-refractivity contribution < 1.29 is 34.8 Å². The van der Waals surface area contributed by atoms with Gasteiger partial charge in [-0.25, -0.2) is 0 Å². The van der Waals surface area contributed by atoms with E-state index in [-0.39, 0.29) is 5.69 Å². The lowest BCUT2D eigenvalue weighted by atomic mass is 10.0. The zero-order chi connectivity index (χ0) is 16.3. The van der Waals surface area contributed by atoms with Crippen molar-refractivity contribution >= 4 is 5.69 Å². The fourth-order valence-electron chi connectivity index (χ4n) is 2.24. The van der Waals surface area contributed by atoms with Crippen LogP contribution in [0.4, 0.5) is 5.69 Å². The van der Waals surface area contributed by atoms with Crippen molar-refractivity contribution in [3.05, 3.63) is 39.9 Å². The van der Waals surface area contributed by atoms with Gasteiger partial charge in [0, 0.05) is 17.7 Å². The van der Waals surface area contributed by atoms with E-state index in [2.05, 4.69) is 0 Å². The Morgan fingerprint density at radius 1 is 1.14 bits per heavy atom. The van der Waals surface area contributed by atoms with Crippen molar-refractivity contribution in [1.82, 2.24) is 0 Å². The first-order chi connectivity index (χ1) is 10.5. The first kappa shape index (κ1) is 16.7. The molecule has 0 bridgehead atoms. The molecule has 0 spiro atoms. The molecule has 2 rings (SSSR count). The number of ether oxygens (including phenoxy) is 2. The Morgan fingerprint density at radius 2 is 1.68 bits per heavy atom. The molecule has 1 unspecified atom stereocenters. The summed E-state index contributed by atoms with van der Waals surface area (Å²) in [6.45, 7) is -1.24. The molecule has 22 heavy (non-hydrogen) atoms. The monoisotopic (exact) mass is 315 g/mol. The number of hydrogen-bond donors (Lipinski definition) is 4. The second-order valence-electron chi connectivity index (χ2n) is 4.89. The largest absolute Gasteiger partial charge is 0.394 e. The van der Waals surface area contributed by atoms with Crippen LogP contribution in [-0.4, -0.2) is 63.0 Å². The van der Waals surface area contributed by atoms with E-state index in [4.69, 9.17) is 19.7 Å². The van der Waals surface area contributed by atoms with E-state index in [9.17, 15) is 20.3 Å². The van der Waals surface area contributed by atoms with Gasteiger partial charge in [0.2, 0.25) is 0 Å². The number of hydrogen-bond acceptors (Lipinski definition) is 8. The number of nitro benzene ring substituents is 1. The van der Waals surface area contributed by atoms with Crippen LogP contribution in [-0.2, 0) is 9.47 Å². The Morgan fingerprint density at radius 3 is 2.14 bits per heavy atom. The highest BCUT2D eigenvalue weighted by molar-refractivity contribution is 5.35. The first-order valence-corrected chi connectivity index (χ1v) is 6.61. The third kappa shape index (κ3) is 3.40. The molecular weight excluding hydrogens is 298 g/mol. The SMILES string of the molecule is O=[N+]([O-])c1cccc(C2O[C@@H]([C@H](O)CO)[C@H]([C@@H](O)CO)O2)c1. The molecule has 4 N–H and O–H groups in total. The van der Waals surface area contributed by atoms with Crippen LogP contribution in [0.5, 0.6) is 0 Å². The molecule has 1 fully saturated rings. The molecule has 1 aromatic rings. The molecule has 1 aliphatic rings. The van der Waals surface area contributed by atoms with Gasteiger partial charge in [0.1, 0.15) is 24.4 Å². The average Bonchev–Trinajstić information content (AvgIpc) is 2.98. The minimum atomic E-state index is -1.32. The van der Waals surface area contributed by atoms with Crippen molar-refractivity contribution in [2.75, 3.05) is 13.2 Å². The molecule has 1 saturated heterocycles. The maximum absolute atomic E-state index is 10.8. The molecule has 1 aliphatic heterocycles. The van der Waals surface area contributed by atoms with Gasteiger partial charge >= 0.3 is 0 Å². The molecule has 5 atom stereocenters.